The highest BCUT2D eigenvalue weighted by molar-refractivity contribution is 5.91. The summed E-state index contributed by atoms with van der Waals surface area (Å²) in [5.41, 5.74) is -0.125. The second kappa shape index (κ2) is 8.05. The fourth-order valence-electron chi connectivity index (χ4n) is 1.22. The van der Waals surface area contributed by atoms with Crippen LogP contribution >= 0.6 is 0 Å². The maximum atomic E-state index is 11.1. The summed E-state index contributed by atoms with van der Waals surface area (Å²) >= 11 is 0. The van der Waals surface area contributed by atoms with Crippen LogP contribution in [0.2, 0.25) is 0 Å². The van der Waals surface area contributed by atoms with E-state index in [1.54, 1.807) is 6.07 Å². The summed E-state index contributed by atoms with van der Waals surface area (Å²) < 4.78 is 4.98. The Kier molecular flexibility index (Phi) is 7.35. The lowest BCUT2D eigenvalue weighted by atomic mass is 10.0. The van der Waals surface area contributed by atoms with Crippen LogP contribution < -0.4 is 0 Å². The Morgan fingerprint density at radius 3 is 2.67 bits per heavy atom. The number of nitrogens with zero attached hydrogens (tertiary/aromatic N) is 1. The molecule has 0 amide bonds. The van der Waals surface area contributed by atoms with E-state index in [1.165, 1.54) is 0 Å². The maximum absolute atomic E-state index is 11.1. The molecule has 0 aliphatic carbocycles. The van der Waals surface area contributed by atoms with Crippen molar-refractivity contribution >= 4 is 5.97 Å². The van der Waals surface area contributed by atoms with Crippen molar-refractivity contribution in [1.29, 1.82) is 5.26 Å². The van der Waals surface area contributed by atoms with Crippen molar-refractivity contribution in [2.24, 2.45) is 5.92 Å². The molecule has 0 fully saturated rings. The van der Waals surface area contributed by atoms with E-state index in [-0.39, 0.29) is 5.57 Å². The summed E-state index contributed by atoms with van der Waals surface area (Å²) in [4.78, 5) is 11.1. The normalized spacial score (nSPS) is 11.5. The van der Waals surface area contributed by atoms with Crippen molar-refractivity contribution < 1.29 is 9.53 Å². The first-order valence-corrected chi connectivity index (χ1v) is 5.41. The van der Waals surface area contributed by atoms with Gasteiger partial charge in [-0.25, -0.2) is 4.79 Å². The smallest absolute Gasteiger partial charge is 0.348 e. The second-order valence-corrected chi connectivity index (χ2v) is 3.61. The average Bonchev–Trinajstić information content (AvgIpc) is 2.27. The number of esters is 1. The van der Waals surface area contributed by atoms with Crippen LogP contribution in [0.25, 0.3) is 0 Å². The fraction of sp³-hybridized carbons (Fsp3) is 0.667. The first-order chi connectivity index (χ1) is 7.15. The molecule has 15 heavy (non-hydrogen) atoms. The molecule has 0 saturated heterocycles. The van der Waals surface area contributed by atoms with E-state index in [4.69, 9.17) is 10.00 Å². The highest BCUT2D eigenvalue weighted by Crippen LogP contribution is 2.13. The van der Waals surface area contributed by atoms with Crippen LogP contribution in [-0.2, 0) is 9.53 Å². The molecule has 0 aliphatic rings. The molecule has 84 valence electrons. The van der Waals surface area contributed by atoms with Gasteiger partial charge < -0.3 is 4.74 Å². The third-order valence-electron chi connectivity index (χ3n) is 2.37. The molecule has 0 rings (SSSR count). The molecule has 0 aliphatic heterocycles. The van der Waals surface area contributed by atoms with Crippen molar-refractivity contribution in [3.05, 3.63) is 12.2 Å². The number of hydrogen-bond acceptors (Lipinski definition) is 3. The topological polar surface area (TPSA) is 50.1 Å². The molecule has 0 aromatic carbocycles. The minimum atomic E-state index is -0.590. The molecule has 0 bridgehead atoms. The molecule has 0 aromatic rings. The molecular weight excluding hydrogens is 190 g/mol. The van der Waals surface area contributed by atoms with E-state index in [0.717, 1.165) is 25.7 Å². The average molecular weight is 209 g/mol. The van der Waals surface area contributed by atoms with Gasteiger partial charge in [0.2, 0.25) is 0 Å². The molecule has 0 aromatic heterocycles. The van der Waals surface area contributed by atoms with Crippen molar-refractivity contribution in [3.63, 3.8) is 0 Å². The third kappa shape index (κ3) is 5.90. The molecule has 0 saturated carbocycles. The van der Waals surface area contributed by atoms with E-state index < -0.39 is 5.97 Å². The molecule has 1 atom stereocenters. The summed E-state index contributed by atoms with van der Waals surface area (Å²) in [6, 6.07) is 1.68. The summed E-state index contributed by atoms with van der Waals surface area (Å²) in [6.45, 7) is 7.91. The Hall–Kier alpha value is -1.30. The zero-order valence-corrected chi connectivity index (χ0v) is 9.58. The number of carbonyl (C=O) groups is 1. The largest absolute Gasteiger partial charge is 0.461 e. The Balaban J connectivity index is 3.85. The monoisotopic (exact) mass is 209 g/mol. The van der Waals surface area contributed by atoms with E-state index in [9.17, 15) is 4.79 Å². The Morgan fingerprint density at radius 2 is 2.20 bits per heavy atom. The first kappa shape index (κ1) is 13.7. The maximum Gasteiger partial charge on any atom is 0.348 e. The number of ether oxygens (including phenoxy) is 1. The molecule has 3 nitrogen and oxygen atoms in total. The molecule has 0 radical (unpaired) electrons. The lowest BCUT2D eigenvalue weighted by molar-refractivity contribution is -0.140. The van der Waals surface area contributed by atoms with Gasteiger partial charge in [-0.05, 0) is 12.3 Å². The SMILES string of the molecule is C=C(C#N)C(=O)OCC(CC)CCCC. The van der Waals surface area contributed by atoms with Crippen molar-refractivity contribution in [2.75, 3.05) is 6.61 Å². The van der Waals surface area contributed by atoms with Crippen LogP contribution in [0.4, 0.5) is 0 Å². The quantitative estimate of drug-likeness (QED) is 0.368. The lowest BCUT2D eigenvalue weighted by Crippen LogP contribution is -2.14. The standard InChI is InChI=1S/C12H19NO2/c1-4-6-7-11(5-2)9-15-12(14)10(3)8-13/h11H,3-7,9H2,1-2H3. The molecule has 0 N–H and O–H groups in total. The van der Waals surface area contributed by atoms with Gasteiger partial charge in [0, 0.05) is 0 Å². The molecule has 1 unspecified atom stereocenters. The van der Waals surface area contributed by atoms with Gasteiger partial charge in [-0.2, -0.15) is 5.26 Å². The van der Waals surface area contributed by atoms with E-state index in [1.807, 2.05) is 0 Å². The minimum absolute atomic E-state index is 0.125. The second-order valence-electron chi connectivity index (χ2n) is 3.61. The number of rotatable bonds is 7. The van der Waals surface area contributed by atoms with Crippen LogP contribution in [0.15, 0.2) is 12.2 Å². The van der Waals surface area contributed by atoms with Gasteiger partial charge in [-0.15, -0.1) is 0 Å². The van der Waals surface area contributed by atoms with Crippen molar-refractivity contribution in [3.8, 4) is 6.07 Å². The number of nitriles is 1. The highest BCUT2D eigenvalue weighted by atomic mass is 16.5. The molecular formula is C12H19NO2. The predicted molar refractivity (Wildman–Crippen MR) is 59.0 cm³/mol. The minimum Gasteiger partial charge on any atom is -0.461 e. The van der Waals surface area contributed by atoms with Gasteiger partial charge in [-0.1, -0.05) is 39.7 Å². The van der Waals surface area contributed by atoms with E-state index in [2.05, 4.69) is 20.4 Å². The van der Waals surface area contributed by atoms with Crippen LogP contribution in [-0.4, -0.2) is 12.6 Å². The molecule has 3 heteroatoms. The van der Waals surface area contributed by atoms with Crippen LogP contribution in [0.5, 0.6) is 0 Å². The zero-order valence-electron chi connectivity index (χ0n) is 9.58. The van der Waals surface area contributed by atoms with Gasteiger partial charge in [0.25, 0.3) is 0 Å². The lowest BCUT2D eigenvalue weighted by Gasteiger charge is -2.13. The van der Waals surface area contributed by atoms with Gasteiger partial charge in [0.05, 0.1) is 6.61 Å². The zero-order chi connectivity index (χ0) is 11.7. The van der Waals surface area contributed by atoms with Crippen molar-refractivity contribution in [1.82, 2.24) is 0 Å². The summed E-state index contributed by atoms with van der Waals surface area (Å²) in [6.07, 6.45) is 4.36. The summed E-state index contributed by atoms with van der Waals surface area (Å²) in [5.74, 6) is -0.187. The van der Waals surface area contributed by atoms with Crippen LogP contribution in [0.3, 0.4) is 0 Å². The highest BCUT2D eigenvalue weighted by Gasteiger charge is 2.11. The van der Waals surface area contributed by atoms with Crippen LogP contribution in [0.1, 0.15) is 39.5 Å². The third-order valence-corrected chi connectivity index (χ3v) is 2.37. The van der Waals surface area contributed by atoms with Gasteiger partial charge >= 0.3 is 5.97 Å². The van der Waals surface area contributed by atoms with Gasteiger partial charge in [-0.3, -0.25) is 0 Å². The Bertz CT molecular complexity index is 253. The predicted octanol–water partition coefficient (Wildman–Crippen LogP) is 2.83. The Morgan fingerprint density at radius 1 is 1.53 bits per heavy atom. The van der Waals surface area contributed by atoms with Crippen molar-refractivity contribution in [2.45, 2.75) is 39.5 Å². The van der Waals surface area contributed by atoms with Gasteiger partial charge in [0.1, 0.15) is 11.6 Å². The number of carbonyl (C=O) groups excluding carboxylic acids is 1. The van der Waals surface area contributed by atoms with Gasteiger partial charge in [0.15, 0.2) is 0 Å². The Labute approximate surface area is 91.7 Å². The summed E-state index contributed by atoms with van der Waals surface area (Å²) in [5, 5.41) is 8.42. The van der Waals surface area contributed by atoms with E-state index >= 15 is 0 Å². The first-order valence-electron chi connectivity index (χ1n) is 5.41. The fourth-order valence-corrected chi connectivity index (χ4v) is 1.22. The van der Waals surface area contributed by atoms with Crippen LogP contribution in [0, 0.1) is 17.2 Å². The number of unbranched alkanes of at least 4 members (excludes halogenated alkanes) is 1. The molecule has 0 heterocycles. The summed E-state index contributed by atoms with van der Waals surface area (Å²) in [7, 11) is 0. The number of hydrogen-bond donors (Lipinski definition) is 0. The van der Waals surface area contributed by atoms with E-state index in [0.29, 0.717) is 12.5 Å². The molecule has 0 spiro atoms.